The molecule has 2 rings (SSSR count). The van der Waals surface area contributed by atoms with Crippen LogP contribution in [0, 0.1) is 0 Å². The van der Waals surface area contributed by atoms with E-state index in [0.717, 1.165) is 31.9 Å². The monoisotopic (exact) mass is 364 g/mol. The summed E-state index contributed by atoms with van der Waals surface area (Å²) in [5, 5.41) is 2.94. The Morgan fingerprint density at radius 3 is 2.20 bits per heavy atom. The number of hydrogen-bond acceptors (Lipinski definition) is 4. The van der Waals surface area contributed by atoms with Gasteiger partial charge in [0.25, 0.3) is 0 Å². The topological polar surface area (TPSA) is 55.9 Å². The van der Waals surface area contributed by atoms with E-state index >= 15 is 0 Å². The molecule has 0 aromatic heterocycles. The Kier molecular flexibility index (Phi) is 7.58. The van der Waals surface area contributed by atoms with Gasteiger partial charge in [-0.3, -0.25) is 9.69 Å². The van der Waals surface area contributed by atoms with Crippen LogP contribution in [0.25, 0.3) is 0 Å². The molecule has 25 heavy (non-hydrogen) atoms. The summed E-state index contributed by atoms with van der Waals surface area (Å²) in [6.45, 7) is 8.65. The van der Waals surface area contributed by atoms with Gasteiger partial charge in [-0.1, -0.05) is 0 Å². The van der Waals surface area contributed by atoms with Crippen LogP contribution in [0.4, 0.5) is 10.5 Å². The molecular formula is C18H28N4O2S. The van der Waals surface area contributed by atoms with Gasteiger partial charge < -0.3 is 15.1 Å². The molecule has 1 aliphatic rings. The van der Waals surface area contributed by atoms with Gasteiger partial charge in [0.05, 0.1) is 6.54 Å². The van der Waals surface area contributed by atoms with Crippen molar-refractivity contribution in [2.75, 3.05) is 57.4 Å². The van der Waals surface area contributed by atoms with Gasteiger partial charge >= 0.3 is 6.03 Å². The summed E-state index contributed by atoms with van der Waals surface area (Å²) >= 11 is 1.67. The predicted octanol–water partition coefficient (Wildman–Crippen LogP) is 2.43. The zero-order valence-electron chi connectivity index (χ0n) is 15.3. The molecule has 6 nitrogen and oxygen atoms in total. The van der Waals surface area contributed by atoms with E-state index in [1.807, 2.05) is 49.3 Å². The Bertz CT molecular complexity index is 567. The lowest BCUT2D eigenvalue weighted by Crippen LogP contribution is -2.52. The molecule has 0 aliphatic carbocycles. The molecule has 0 atom stereocenters. The number of benzene rings is 1. The van der Waals surface area contributed by atoms with Gasteiger partial charge in [-0.25, -0.2) is 4.79 Å². The molecule has 3 amide bonds. The molecule has 138 valence electrons. The molecule has 1 aliphatic heterocycles. The minimum absolute atomic E-state index is 0.0772. The molecule has 1 heterocycles. The number of piperazine rings is 1. The molecule has 1 aromatic rings. The van der Waals surface area contributed by atoms with Crippen molar-refractivity contribution in [3.05, 3.63) is 24.3 Å². The van der Waals surface area contributed by atoms with Gasteiger partial charge in [-0.05, 0) is 44.4 Å². The van der Waals surface area contributed by atoms with Crippen molar-refractivity contribution < 1.29 is 9.59 Å². The Balaban J connectivity index is 1.78. The van der Waals surface area contributed by atoms with Crippen LogP contribution in [-0.2, 0) is 4.79 Å². The molecule has 0 spiro atoms. The first-order chi connectivity index (χ1) is 12.1. The number of thioether (sulfide) groups is 1. The van der Waals surface area contributed by atoms with E-state index in [2.05, 4.69) is 10.2 Å². The third-order valence-corrected chi connectivity index (χ3v) is 5.22. The predicted molar refractivity (Wildman–Crippen MR) is 103 cm³/mol. The van der Waals surface area contributed by atoms with Crippen molar-refractivity contribution in [2.24, 2.45) is 0 Å². The lowest BCUT2D eigenvalue weighted by atomic mass is 10.3. The van der Waals surface area contributed by atoms with Crippen LogP contribution in [-0.4, -0.2) is 78.7 Å². The Morgan fingerprint density at radius 1 is 1.08 bits per heavy atom. The van der Waals surface area contributed by atoms with E-state index in [-0.39, 0.29) is 11.9 Å². The normalized spacial score (nSPS) is 15.1. The molecule has 7 heteroatoms. The van der Waals surface area contributed by atoms with Crippen LogP contribution in [0.1, 0.15) is 13.8 Å². The van der Waals surface area contributed by atoms with Crippen LogP contribution >= 0.6 is 11.8 Å². The lowest BCUT2D eigenvalue weighted by Gasteiger charge is -2.35. The maximum absolute atomic E-state index is 12.4. The maximum atomic E-state index is 12.4. The fraction of sp³-hybridized carbons (Fsp3) is 0.556. The molecule has 1 N–H and O–H groups in total. The molecule has 0 bridgehead atoms. The highest BCUT2D eigenvalue weighted by Crippen LogP contribution is 2.18. The largest absolute Gasteiger partial charge is 0.342 e. The molecule has 1 fully saturated rings. The first-order valence-corrected chi connectivity index (χ1v) is 10.00. The highest BCUT2D eigenvalue weighted by Gasteiger charge is 2.23. The Morgan fingerprint density at radius 2 is 1.68 bits per heavy atom. The van der Waals surface area contributed by atoms with Gasteiger partial charge in [0, 0.05) is 49.9 Å². The zero-order valence-corrected chi connectivity index (χ0v) is 16.1. The van der Waals surface area contributed by atoms with Crippen LogP contribution in [0.3, 0.4) is 0 Å². The van der Waals surface area contributed by atoms with Crippen LogP contribution < -0.4 is 5.32 Å². The van der Waals surface area contributed by atoms with Gasteiger partial charge in [0.15, 0.2) is 0 Å². The van der Waals surface area contributed by atoms with Crippen molar-refractivity contribution >= 4 is 29.4 Å². The number of carbonyl (C=O) groups is 2. The number of amides is 3. The average molecular weight is 365 g/mol. The van der Waals surface area contributed by atoms with E-state index in [4.69, 9.17) is 0 Å². The van der Waals surface area contributed by atoms with E-state index in [0.29, 0.717) is 19.6 Å². The molecule has 0 saturated carbocycles. The maximum Gasteiger partial charge on any atom is 0.321 e. The van der Waals surface area contributed by atoms with Crippen molar-refractivity contribution in [2.45, 2.75) is 18.7 Å². The van der Waals surface area contributed by atoms with Crippen molar-refractivity contribution in [1.29, 1.82) is 0 Å². The summed E-state index contributed by atoms with van der Waals surface area (Å²) < 4.78 is 0. The second-order valence-electron chi connectivity index (χ2n) is 5.99. The first-order valence-electron chi connectivity index (χ1n) is 8.77. The quantitative estimate of drug-likeness (QED) is 0.788. The summed E-state index contributed by atoms with van der Waals surface area (Å²) in [7, 11) is 0. The number of urea groups is 1. The summed E-state index contributed by atoms with van der Waals surface area (Å²) in [5.74, 6) is 0.164. The number of hydrogen-bond donors (Lipinski definition) is 1. The Hall–Kier alpha value is -1.73. The number of rotatable bonds is 6. The number of anilines is 1. The van der Waals surface area contributed by atoms with E-state index in [1.165, 1.54) is 4.90 Å². The summed E-state index contributed by atoms with van der Waals surface area (Å²) in [6.07, 6.45) is 2.03. The SMILES string of the molecule is CCN(CC)C(=O)CN1CCN(C(=O)Nc2ccc(SC)cc2)CC1. The highest BCUT2D eigenvalue weighted by atomic mass is 32.2. The molecule has 0 unspecified atom stereocenters. The van der Waals surface area contributed by atoms with Crippen LogP contribution in [0.5, 0.6) is 0 Å². The first kappa shape index (κ1) is 19.6. The van der Waals surface area contributed by atoms with Crippen LogP contribution in [0.2, 0.25) is 0 Å². The summed E-state index contributed by atoms with van der Waals surface area (Å²) in [5.41, 5.74) is 0.807. The van der Waals surface area contributed by atoms with Crippen molar-refractivity contribution in [3.63, 3.8) is 0 Å². The minimum Gasteiger partial charge on any atom is -0.342 e. The van der Waals surface area contributed by atoms with Gasteiger partial charge in [0.1, 0.15) is 0 Å². The third-order valence-electron chi connectivity index (χ3n) is 4.48. The summed E-state index contributed by atoms with van der Waals surface area (Å²) in [6, 6.07) is 7.76. The van der Waals surface area contributed by atoms with Crippen LogP contribution in [0.15, 0.2) is 29.2 Å². The number of nitrogens with one attached hydrogen (secondary N) is 1. The smallest absolute Gasteiger partial charge is 0.321 e. The van der Waals surface area contributed by atoms with Gasteiger partial charge in [-0.2, -0.15) is 0 Å². The lowest BCUT2D eigenvalue weighted by molar-refractivity contribution is -0.132. The second kappa shape index (κ2) is 9.68. The summed E-state index contributed by atoms with van der Waals surface area (Å²) in [4.78, 5) is 31.5. The standard InChI is InChI=1S/C18H28N4O2S/c1-4-21(5-2)17(23)14-20-10-12-22(13-11-20)18(24)19-15-6-8-16(25-3)9-7-15/h6-9H,4-5,10-14H2,1-3H3,(H,19,24). The zero-order chi connectivity index (χ0) is 18.2. The van der Waals surface area contributed by atoms with Crippen molar-refractivity contribution in [3.8, 4) is 0 Å². The second-order valence-corrected chi connectivity index (χ2v) is 6.87. The molecule has 1 aromatic carbocycles. The number of carbonyl (C=O) groups excluding carboxylic acids is 2. The fourth-order valence-electron chi connectivity index (χ4n) is 2.85. The van der Waals surface area contributed by atoms with E-state index < -0.39 is 0 Å². The number of nitrogens with zero attached hydrogens (tertiary/aromatic N) is 3. The fourth-order valence-corrected chi connectivity index (χ4v) is 3.26. The average Bonchev–Trinajstić information content (AvgIpc) is 2.64. The van der Waals surface area contributed by atoms with E-state index in [1.54, 1.807) is 16.7 Å². The van der Waals surface area contributed by atoms with E-state index in [9.17, 15) is 9.59 Å². The Labute approximate surface area is 154 Å². The number of likely N-dealkylation sites (N-methyl/N-ethyl adjacent to an activating group) is 1. The molecule has 0 radical (unpaired) electrons. The minimum atomic E-state index is -0.0772. The molecule has 1 saturated heterocycles. The van der Waals surface area contributed by atoms with Gasteiger partial charge in [0.2, 0.25) is 5.91 Å². The molecular weight excluding hydrogens is 336 g/mol. The van der Waals surface area contributed by atoms with Crippen molar-refractivity contribution in [1.82, 2.24) is 14.7 Å². The van der Waals surface area contributed by atoms with Gasteiger partial charge in [-0.15, -0.1) is 11.8 Å². The highest BCUT2D eigenvalue weighted by molar-refractivity contribution is 7.98. The third kappa shape index (κ3) is 5.64.